The van der Waals surface area contributed by atoms with Crippen molar-refractivity contribution in [2.24, 2.45) is 5.41 Å². The molecule has 1 amide bonds. The molecule has 33 heavy (non-hydrogen) atoms. The fourth-order valence-electron chi connectivity index (χ4n) is 5.49. The van der Waals surface area contributed by atoms with E-state index in [0.717, 1.165) is 66.6 Å². The van der Waals surface area contributed by atoms with Crippen molar-refractivity contribution in [3.8, 4) is 17.0 Å². The summed E-state index contributed by atoms with van der Waals surface area (Å²) < 4.78 is 7.66. The van der Waals surface area contributed by atoms with E-state index in [4.69, 9.17) is 9.72 Å². The number of hydrogen-bond acceptors (Lipinski definition) is 6. The van der Waals surface area contributed by atoms with E-state index in [0.29, 0.717) is 23.3 Å². The van der Waals surface area contributed by atoms with E-state index in [9.17, 15) is 4.79 Å². The number of H-pyrrole nitrogens is 1. The Morgan fingerprint density at radius 3 is 2.82 bits per heavy atom. The molecule has 5 heterocycles. The number of nitrogens with zero attached hydrogens (tertiary/aromatic N) is 5. The van der Waals surface area contributed by atoms with Crippen LogP contribution in [-0.2, 0) is 4.79 Å². The first kappa shape index (κ1) is 20.0. The van der Waals surface area contributed by atoms with Crippen molar-refractivity contribution in [3.63, 3.8) is 0 Å². The number of aromatic nitrogens is 5. The minimum atomic E-state index is 0.183. The first-order valence-corrected chi connectivity index (χ1v) is 11.4. The number of piperidine rings is 1. The van der Waals surface area contributed by atoms with Crippen molar-refractivity contribution in [2.75, 3.05) is 25.5 Å². The molecule has 1 spiro atoms. The molecule has 6 rings (SSSR count). The van der Waals surface area contributed by atoms with Crippen LogP contribution in [-0.4, -0.2) is 61.4 Å². The summed E-state index contributed by atoms with van der Waals surface area (Å²) in [5.74, 6) is 1.31. The number of pyridine rings is 1. The monoisotopic (exact) mass is 445 g/mol. The SMILES string of the molecule is COc1nc(NC2CC3(CCN(C(C)=O)CC3)C2)nc2[nH]cc(-c3ccc4nccn4c3)c12. The summed E-state index contributed by atoms with van der Waals surface area (Å²) in [7, 11) is 1.64. The number of likely N-dealkylation sites (tertiary alicyclic amines) is 1. The number of nitrogens with one attached hydrogen (secondary N) is 2. The van der Waals surface area contributed by atoms with Gasteiger partial charge in [0.1, 0.15) is 11.3 Å². The van der Waals surface area contributed by atoms with Gasteiger partial charge in [-0.3, -0.25) is 4.79 Å². The number of methoxy groups -OCH3 is 1. The van der Waals surface area contributed by atoms with Gasteiger partial charge in [-0.25, -0.2) is 4.98 Å². The van der Waals surface area contributed by atoms with Crippen LogP contribution in [0.4, 0.5) is 5.95 Å². The Labute approximate surface area is 191 Å². The minimum absolute atomic E-state index is 0.183. The molecule has 1 aliphatic carbocycles. The molecule has 2 N–H and O–H groups in total. The van der Waals surface area contributed by atoms with Crippen LogP contribution in [0.25, 0.3) is 27.8 Å². The van der Waals surface area contributed by atoms with Crippen LogP contribution in [0.2, 0.25) is 0 Å². The van der Waals surface area contributed by atoms with Crippen LogP contribution in [0.1, 0.15) is 32.6 Å². The smallest absolute Gasteiger partial charge is 0.228 e. The van der Waals surface area contributed by atoms with Crippen molar-refractivity contribution < 1.29 is 9.53 Å². The molecule has 2 aliphatic rings. The van der Waals surface area contributed by atoms with Crippen LogP contribution < -0.4 is 10.1 Å². The third-order valence-corrected chi connectivity index (χ3v) is 7.35. The highest BCUT2D eigenvalue weighted by Gasteiger charge is 2.46. The normalized spacial score (nSPS) is 18.1. The lowest BCUT2D eigenvalue weighted by Crippen LogP contribution is -2.52. The van der Waals surface area contributed by atoms with E-state index in [-0.39, 0.29) is 5.91 Å². The molecular formula is C24H27N7O2. The number of aromatic amines is 1. The second-order valence-electron chi connectivity index (χ2n) is 9.35. The fourth-order valence-corrected chi connectivity index (χ4v) is 5.49. The van der Waals surface area contributed by atoms with Crippen molar-refractivity contribution in [1.29, 1.82) is 0 Å². The third-order valence-electron chi connectivity index (χ3n) is 7.35. The Morgan fingerprint density at radius 1 is 1.24 bits per heavy atom. The van der Waals surface area contributed by atoms with Crippen molar-refractivity contribution in [2.45, 2.75) is 38.6 Å². The Bertz CT molecular complexity index is 1340. The van der Waals surface area contributed by atoms with E-state index >= 15 is 0 Å². The number of carbonyl (C=O) groups excluding carboxylic acids is 1. The molecule has 1 aliphatic heterocycles. The largest absolute Gasteiger partial charge is 0.480 e. The quantitative estimate of drug-likeness (QED) is 0.499. The highest BCUT2D eigenvalue weighted by atomic mass is 16.5. The minimum Gasteiger partial charge on any atom is -0.480 e. The lowest BCUT2D eigenvalue weighted by molar-refractivity contribution is -0.132. The molecule has 0 aromatic carbocycles. The molecule has 170 valence electrons. The zero-order valence-corrected chi connectivity index (χ0v) is 18.8. The van der Waals surface area contributed by atoms with E-state index in [1.165, 1.54) is 0 Å². The Balaban J connectivity index is 1.22. The van der Waals surface area contributed by atoms with Crippen LogP contribution >= 0.6 is 0 Å². The predicted octanol–water partition coefficient (Wildman–Crippen LogP) is 3.48. The van der Waals surface area contributed by atoms with Gasteiger partial charge >= 0.3 is 0 Å². The molecule has 1 saturated carbocycles. The van der Waals surface area contributed by atoms with Crippen molar-refractivity contribution in [3.05, 3.63) is 36.9 Å². The average molecular weight is 446 g/mol. The number of hydrogen-bond donors (Lipinski definition) is 2. The molecule has 2 fully saturated rings. The van der Waals surface area contributed by atoms with Gasteiger partial charge in [0.25, 0.3) is 0 Å². The maximum absolute atomic E-state index is 11.6. The zero-order chi connectivity index (χ0) is 22.6. The summed E-state index contributed by atoms with van der Waals surface area (Å²) in [6.07, 6.45) is 12.0. The van der Waals surface area contributed by atoms with Crippen LogP contribution in [0.15, 0.2) is 36.9 Å². The van der Waals surface area contributed by atoms with Gasteiger partial charge in [-0.1, -0.05) is 0 Å². The first-order chi connectivity index (χ1) is 16.0. The number of carbonyl (C=O) groups is 1. The Hall–Kier alpha value is -3.62. The van der Waals surface area contributed by atoms with Gasteiger partial charge in [0.2, 0.25) is 17.7 Å². The van der Waals surface area contributed by atoms with Gasteiger partial charge < -0.3 is 24.3 Å². The number of rotatable bonds is 4. The van der Waals surface area contributed by atoms with Crippen LogP contribution in [0.5, 0.6) is 5.88 Å². The number of amides is 1. The summed E-state index contributed by atoms with van der Waals surface area (Å²) in [4.78, 5) is 30.6. The summed E-state index contributed by atoms with van der Waals surface area (Å²) in [6, 6.07) is 4.38. The predicted molar refractivity (Wildman–Crippen MR) is 125 cm³/mol. The van der Waals surface area contributed by atoms with Gasteiger partial charge in [0.05, 0.1) is 12.5 Å². The molecule has 0 bridgehead atoms. The van der Waals surface area contributed by atoms with E-state index in [1.54, 1.807) is 20.2 Å². The van der Waals surface area contributed by atoms with E-state index in [1.807, 2.05) is 40.0 Å². The molecule has 9 heteroatoms. The third kappa shape index (κ3) is 3.39. The standard InChI is InChI=1S/C24H27N7O2/c1-15(32)30-8-5-24(6-9-30)11-17(12-24)27-23-28-21-20(22(29-23)33-2)18(13-26-21)16-3-4-19-25-7-10-31(19)14-16/h3-4,7,10,13-14,17H,5-6,8-9,11-12H2,1-2H3,(H2,26,27,28,29). The van der Waals surface area contributed by atoms with Crippen LogP contribution in [0, 0.1) is 5.41 Å². The summed E-state index contributed by atoms with van der Waals surface area (Å²) in [6.45, 7) is 3.40. The molecule has 4 aromatic heterocycles. The fraction of sp³-hybridized carbons (Fsp3) is 0.417. The first-order valence-electron chi connectivity index (χ1n) is 11.4. The number of anilines is 1. The van der Waals surface area contributed by atoms with Crippen LogP contribution in [0.3, 0.4) is 0 Å². The lowest BCUT2D eigenvalue weighted by Gasteiger charge is -2.52. The average Bonchev–Trinajstić information content (AvgIpc) is 3.44. The maximum Gasteiger partial charge on any atom is 0.228 e. The number of fused-ring (bicyclic) bond motifs is 2. The molecule has 4 aromatic rings. The lowest BCUT2D eigenvalue weighted by atomic mass is 9.60. The van der Waals surface area contributed by atoms with Crippen molar-refractivity contribution >= 4 is 28.5 Å². The summed E-state index contributed by atoms with van der Waals surface area (Å²) in [5, 5.41) is 4.37. The number of ether oxygens (including phenoxy) is 1. The topological polar surface area (TPSA) is 100 Å². The van der Waals surface area contributed by atoms with Crippen molar-refractivity contribution in [1.82, 2.24) is 29.2 Å². The van der Waals surface area contributed by atoms with Gasteiger partial charge in [-0.2, -0.15) is 9.97 Å². The molecule has 0 unspecified atom stereocenters. The number of imidazole rings is 1. The molecule has 1 saturated heterocycles. The summed E-state index contributed by atoms with van der Waals surface area (Å²) in [5.41, 5.74) is 4.02. The highest BCUT2D eigenvalue weighted by molar-refractivity contribution is 5.97. The van der Waals surface area contributed by atoms with Gasteiger partial charge in [0, 0.05) is 62.0 Å². The molecule has 9 nitrogen and oxygen atoms in total. The maximum atomic E-state index is 11.6. The second kappa shape index (κ2) is 7.47. The second-order valence-corrected chi connectivity index (χ2v) is 9.35. The van der Waals surface area contributed by atoms with Gasteiger partial charge in [-0.05, 0) is 43.2 Å². The summed E-state index contributed by atoms with van der Waals surface area (Å²) >= 11 is 0. The Kier molecular flexibility index (Phi) is 4.53. The van der Waals surface area contributed by atoms with Gasteiger partial charge in [0.15, 0.2) is 0 Å². The molecule has 0 radical (unpaired) electrons. The highest BCUT2D eigenvalue weighted by Crippen LogP contribution is 2.50. The van der Waals surface area contributed by atoms with E-state index < -0.39 is 0 Å². The molecular weight excluding hydrogens is 418 g/mol. The zero-order valence-electron chi connectivity index (χ0n) is 18.8. The Morgan fingerprint density at radius 2 is 2.06 bits per heavy atom. The van der Waals surface area contributed by atoms with Gasteiger partial charge in [-0.15, -0.1) is 0 Å². The van der Waals surface area contributed by atoms with E-state index in [2.05, 4.69) is 20.3 Å². The molecule has 0 atom stereocenters.